The molecule has 2 heterocycles. The predicted molar refractivity (Wildman–Crippen MR) is 165 cm³/mol. The number of nitrogens with zero attached hydrogens (tertiary/aromatic N) is 3. The highest BCUT2D eigenvalue weighted by atomic mass is 32.2. The van der Waals surface area contributed by atoms with Crippen molar-refractivity contribution in [3.63, 3.8) is 0 Å². The number of Topliss-reactive ketones (excluding diaryl/α,β-unsaturated/α-hetero) is 1. The van der Waals surface area contributed by atoms with E-state index in [-0.39, 0.29) is 37.3 Å². The minimum atomic E-state index is -4.14. The first-order chi connectivity index (χ1) is 20.8. The lowest BCUT2D eigenvalue weighted by Gasteiger charge is -2.26. The molecule has 0 saturated heterocycles. The standard InChI is InChI=1S/C32H29N3O7S2/c1-32(2,3)22-12-10-21(11-13-22)28-27(25(36)18-9-20-7-5-4-6-8-20)29(37)30(38)34(28)31-33-19-26(43-31)44(41,42)24-16-14-23(15-17-24)35(39)40/h4-8,10-17,19,28,37H,9,18H2,1-3H3. The number of benzene rings is 3. The number of hydrogen-bond donors (Lipinski definition) is 1. The minimum Gasteiger partial charge on any atom is -0.503 e. The Morgan fingerprint density at radius 3 is 2.25 bits per heavy atom. The van der Waals surface area contributed by atoms with Gasteiger partial charge in [-0.1, -0.05) is 86.7 Å². The third-order valence-corrected chi connectivity index (χ3v) is 10.6. The Morgan fingerprint density at radius 1 is 1.02 bits per heavy atom. The molecule has 1 aromatic heterocycles. The molecule has 0 radical (unpaired) electrons. The molecule has 226 valence electrons. The molecule has 1 unspecified atom stereocenters. The number of nitro benzene ring substituents is 1. The van der Waals surface area contributed by atoms with Gasteiger partial charge in [-0.05, 0) is 40.7 Å². The van der Waals surface area contributed by atoms with Crippen LogP contribution in [0.1, 0.15) is 49.9 Å². The Hall–Kier alpha value is -4.68. The number of amides is 1. The number of aromatic nitrogens is 1. The first-order valence-electron chi connectivity index (χ1n) is 13.7. The number of ketones is 1. The van der Waals surface area contributed by atoms with E-state index in [1.54, 1.807) is 12.1 Å². The third-order valence-electron chi connectivity index (χ3n) is 7.39. The smallest absolute Gasteiger partial charge is 0.296 e. The summed E-state index contributed by atoms with van der Waals surface area (Å²) in [6, 6.07) is 20.1. The second-order valence-electron chi connectivity index (χ2n) is 11.3. The zero-order valence-corrected chi connectivity index (χ0v) is 25.8. The maximum absolute atomic E-state index is 13.6. The maximum Gasteiger partial charge on any atom is 0.296 e. The van der Waals surface area contributed by atoms with E-state index in [0.717, 1.165) is 46.5 Å². The molecule has 1 atom stereocenters. The lowest BCUT2D eigenvalue weighted by Crippen LogP contribution is -2.31. The molecular weight excluding hydrogens is 603 g/mol. The van der Waals surface area contributed by atoms with E-state index in [2.05, 4.69) is 25.8 Å². The fraction of sp³-hybridized carbons (Fsp3) is 0.219. The molecule has 0 saturated carbocycles. The number of aliphatic hydroxyl groups is 1. The molecule has 0 aliphatic carbocycles. The number of anilines is 1. The van der Waals surface area contributed by atoms with Crippen LogP contribution in [0.25, 0.3) is 0 Å². The highest BCUT2D eigenvalue weighted by Gasteiger charge is 2.45. The molecule has 1 amide bonds. The van der Waals surface area contributed by atoms with Gasteiger partial charge in [0.2, 0.25) is 9.84 Å². The van der Waals surface area contributed by atoms with Gasteiger partial charge in [-0.15, -0.1) is 0 Å². The number of aliphatic hydroxyl groups excluding tert-OH is 1. The Labute approximate surface area is 258 Å². The number of non-ortho nitro benzene ring substituents is 1. The minimum absolute atomic E-state index is 0.0298. The number of carbonyl (C=O) groups excluding carboxylic acids is 2. The number of hydrogen-bond acceptors (Lipinski definition) is 9. The number of carbonyl (C=O) groups is 2. The topological polar surface area (TPSA) is 148 Å². The Morgan fingerprint density at radius 2 is 1.66 bits per heavy atom. The first kappa shape index (κ1) is 30.8. The molecule has 12 heteroatoms. The molecule has 1 aliphatic heterocycles. The van der Waals surface area contributed by atoms with Gasteiger partial charge in [0.05, 0.1) is 27.6 Å². The number of sulfone groups is 1. The molecule has 1 N–H and O–H groups in total. The molecule has 44 heavy (non-hydrogen) atoms. The average Bonchev–Trinajstić information content (AvgIpc) is 3.59. The van der Waals surface area contributed by atoms with Crippen molar-refractivity contribution in [1.29, 1.82) is 0 Å². The number of aryl methyl sites for hydroxylation is 1. The van der Waals surface area contributed by atoms with Crippen LogP contribution in [-0.2, 0) is 31.3 Å². The van der Waals surface area contributed by atoms with Crippen LogP contribution in [0.5, 0.6) is 0 Å². The Kier molecular flexibility index (Phi) is 8.23. The largest absolute Gasteiger partial charge is 0.503 e. The summed E-state index contributed by atoms with van der Waals surface area (Å²) in [5.74, 6) is -1.99. The summed E-state index contributed by atoms with van der Waals surface area (Å²) in [4.78, 5) is 42.8. The highest BCUT2D eigenvalue weighted by molar-refractivity contribution is 7.93. The molecule has 0 spiro atoms. The summed E-state index contributed by atoms with van der Waals surface area (Å²) in [6.45, 7) is 6.17. The van der Waals surface area contributed by atoms with E-state index >= 15 is 0 Å². The monoisotopic (exact) mass is 631 g/mol. The summed E-state index contributed by atoms with van der Waals surface area (Å²) in [7, 11) is -4.14. The summed E-state index contributed by atoms with van der Waals surface area (Å²) in [6.07, 6.45) is 1.53. The molecule has 0 fully saturated rings. The zero-order chi connectivity index (χ0) is 31.8. The van der Waals surface area contributed by atoms with E-state index in [0.29, 0.717) is 23.3 Å². The van der Waals surface area contributed by atoms with E-state index < -0.39 is 38.3 Å². The van der Waals surface area contributed by atoms with Crippen LogP contribution < -0.4 is 4.90 Å². The van der Waals surface area contributed by atoms with Gasteiger partial charge in [0, 0.05) is 18.6 Å². The van der Waals surface area contributed by atoms with Crippen molar-refractivity contribution >= 4 is 43.7 Å². The van der Waals surface area contributed by atoms with Crippen LogP contribution in [0, 0.1) is 10.1 Å². The van der Waals surface area contributed by atoms with Crippen LogP contribution in [0.2, 0.25) is 0 Å². The predicted octanol–water partition coefficient (Wildman–Crippen LogP) is 6.28. The lowest BCUT2D eigenvalue weighted by molar-refractivity contribution is -0.384. The Balaban J connectivity index is 1.53. The summed E-state index contributed by atoms with van der Waals surface area (Å²) in [5, 5.41) is 22.0. The van der Waals surface area contributed by atoms with Crippen LogP contribution in [-0.4, -0.2) is 35.1 Å². The number of thiazole rings is 1. The van der Waals surface area contributed by atoms with Crippen molar-refractivity contribution in [1.82, 2.24) is 4.98 Å². The van der Waals surface area contributed by atoms with E-state index in [9.17, 15) is 33.2 Å². The van der Waals surface area contributed by atoms with E-state index in [1.165, 1.54) is 0 Å². The van der Waals surface area contributed by atoms with Crippen molar-refractivity contribution in [3.05, 3.63) is 123 Å². The molecule has 3 aromatic carbocycles. The zero-order valence-electron chi connectivity index (χ0n) is 24.1. The molecule has 4 aromatic rings. The quantitative estimate of drug-likeness (QED) is 0.168. The van der Waals surface area contributed by atoms with Crippen LogP contribution in [0.4, 0.5) is 10.8 Å². The fourth-order valence-corrected chi connectivity index (χ4v) is 7.50. The van der Waals surface area contributed by atoms with Crippen LogP contribution in [0.15, 0.2) is 105 Å². The van der Waals surface area contributed by atoms with Gasteiger partial charge in [-0.2, -0.15) is 0 Å². The van der Waals surface area contributed by atoms with Crippen LogP contribution >= 0.6 is 11.3 Å². The number of rotatable bonds is 9. The summed E-state index contributed by atoms with van der Waals surface area (Å²) < 4.78 is 26.5. The summed E-state index contributed by atoms with van der Waals surface area (Å²) in [5.41, 5.74) is 2.00. The first-order valence-corrected chi connectivity index (χ1v) is 16.0. The van der Waals surface area contributed by atoms with Gasteiger partial charge >= 0.3 is 0 Å². The highest BCUT2D eigenvalue weighted by Crippen LogP contribution is 2.44. The van der Waals surface area contributed by atoms with Crippen molar-refractivity contribution in [2.45, 2.75) is 54.2 Å². The Bertz CT molecular complexity index is 1870. The second kappa shape index (κ2) is 11.8. The molecule has 10 nitrogen and oxygen atoms in total. The van der Waals surface area contributed by atoms with Gasteiger partial charge in [0.1, 0.15) is 4.21 Å². The number of nitro groups is 1. The SMILES string of the molecule is CC(C)(C)c1ccc(C2C(C(=O)CCc3ccccc3)=C(O)C(=O)N2c2ncc(S(=O)(=O)c3ccc([N+](=O)[O-])cc3)s2)cc1. The van der Waals surface area contributed by atoms with E-state index in [4.69, 9.17) is 0 Å². The van der Waals surface area contributed by atoms with Crippen LogP contribution in [0.3, 0.4) is 0 Å². The molecular formula is C32H29N3O7S2. The van der Waals surface area contributed by atoms with Gasteiger partial charge in [0.25, 0.3) is 11.6 Å². The third kappa shape index (κ3) is 5.90. The van der Waals surface area contributed by atoms with Crippen molar-refractivity contribution in [3.8, 4) is 0 Å². The van der Waals surface area contributed by atoms with Crippen molar-refractivity contribution in [2.24, 2.45) is 0 Å². The average molecular weight is 632 g/mol. The molecule has 0 bridgehead atoms. The van der Waals surface area contributed by atoms with Crippen molar-refractivity contribution < 1.29 is 28.0 Å². The van der Waals surface area contributed by atoms with Gasteiger partial charge in [-0.3, -0.25) is 24.6 Å². The normalized spacial score (nSPS) is 15.6. The summed E-state index contributed by atoms with van der Waals surface area (Å²) >= 11 is 0.701. The molecule has 5 rings (SSSR count). The van der Waals surface area contributed by atoms with Gasteiger partial charge in [0.15, 0.2) is 16.7 Å². The maximum atomic E-state index is 13.6. The van der Waals surface area contributed by atoms with E-state index in [1.807, 2.05) is 42.5 Å². The van der Waals surface area contributed by atoms with Gasteiger partial charge in [-0.25, -0.2) is 13.4 Å². The van der Waals surface area contributed by atoms with Crippen molar-refractivity contribution in [2.75, 3.05) is 4.90 Å². The fourth-order valence-electron chi connectivity index (χ4n) is 4.95. The lowest BCUT2D eigenvalue weighted by atomic mass is 9.85. The molecule has 1 aliphatic rings. The second-order valence-corrected chi connectivity index (χ2v) is 14.5. The van der Waals surface area contributed by atoms with Gasteiger partial charge < -0.3 is 5.11 Å².